The minimum Gasteiger partial charge on any atom is -0.507 e. The Kier molecular flexibility index (Phi) is 7.74. The van der Waals surface area contributed by atoms with E-state index in [1.807, 2.05) is 38.1 Å². The molecule has 0 radical (unpaired) electrons. The van der Waals surface area contributed by atoms with Gasteiger partial charge in [0, 0.05) is 6.54 Å². The Hall–Kier alpha value is -3.97. The minimum absolute atomic E-state index is 0.0453. The zero-order valence-electron chi connectivity index (χ0n) is 21.1. The lowest BCUT2D eigenvalue weighted by atomic mass is 9.94. The third kappa shape index (κ3) is 5.13. The second kappa shape index (κ2) is 11.0. The normalized spacial score (nSPS) is 16.7. The van der Waals surface area contributed by atoms with Gasteiger partial charge < -0.3 is 24.2 Å². The van der Waals surface area contributed by atoms with Crippen LogP contribution in [0.15, 0.2) is 66.2 Å². The lowest BCUT2D eigenvalue weighted by Gasteiger charge is -2.26. The smallest absolute Gasteiger partial charge is 0.295 e. The van der Waals surface area contributed by atoms with E-state index < -0.39 is 17.7 Å². The molecular formula is C29H28ClNO6. The number of halogens is 1. The zero-order chi connectivity index (χ0) is 26.7. The van der Waals surface area contributed by atoms with E-state index in [0.29, 0.717) is 23.7 Å². The molecule has 1 fully saturated rings. The molecule has 192 valence electrons. The molecule has 0 bridgehead atoms. The number of aliphatic hydroxyl groups is 1. The predicted molar refractivity (Wildman–Crippen MR) is 141 cm³/mol. The summed E-state index contributed by atoms with van der Waals surface area (Å²) in [4.78, 5) is 28.3. The Morgan fingerprint density at radius 2 is 1.73 bits per heavy atom. The van der Waals surface area contributed by atoms with Gasteiger partial charge in [-0.25, -0.2) is 0 Å². The highest BCUT2D eigenvalue weighted by Crippen LogP contribution is 2.43. The van der Waals surface area contributed by atoms with E-state index in [9.17, 15) is 14.7 Å². The molecule has 1 atom stereocenters. The van der Waals surface area contributed by atoms with E-state index >= 15 is 0 Å². The van der Waals surface area contributed by atoms with Crippen molar-refractivity contribution in [2.45, 2.75) is 26.4 Å². The van der Waals surface area contributed by atoms with Crippen LogP contribution in [0.1, 0.15) is 35.2 Å². The van der Waals surface area contributed by atoms with Crippen LogP contribution in [0.2, 0.25) is 5.02 Å². The molecule has 0 aromatic heterocycles. The first-order valence-corrected chi connectivity index (χ1v) is 12.1. The summed E-state index contributed by atoms with van der Waals surface area (Å²) < 4.78 is 16.3. The van der Waals surface area contributed by atoms with Gasteiger partial charge in [-0.1, -0.05) is 35.9 Å². The molecule has 8 heteroatoms. The topological polar surface area (TPSA) is 85.3 Å². The molecule has 1 saturated heterocycles. The van der Waals surface area contributed by atoms with Gasteiger partial charge in [-0.05, 0) is 66.9 Å². The van der Waals surface area contributed by atoms with Gasteiger partial charge in [0.1, 0.15) is 23.0 Å². The number of rotatable bonds is 8. The number of aliphatic hydroxyl groups excluding tert-OH is 1. The van der Waals surface area contributed by atoms with Crippen molar-refractivity contribution in [1.29, 1.82) is 0 Å². The van der Waals surface area contributed by atoms with Gasteiger partial charge in [0.15, 0.2) is 0 Å². The molecule has 37 heavy (non-hydrogen) atoms. The summed E-state index contributed by atoms with van der Waals surface area (Å²) in [5.41, 5.74) is 2.37. The molecule has 1 N–H and O–H groups in total. The second-order valence-corrected chi connectivity index (χ2v) is 9.02. The molecular weight excluding hydrogens is 494 g/mol. The van der Waals surface area contributed by atoms with Crippen molar-refractivity contribution >= 4 is 29.1 Å². The minimum atomic E-state index is -0.856. The van der Waals surface area contributed by atoms with E-state index in [2.05, 4.69) is 0 Å². The van der Waals surface area contributed by atoms with Crippen LogP contribution in [-0.2, 0) is 16.1 Å². The van der Waals surface area contributed by atoms with E-state index in [1.54, 1.807) is 43.5 Å². The van der Waals surface area contributed by atoms with Crippen molar-refractivity contribution in [2.24, 2.45) is 0 Å². The number of hydrogen-bond acceptors (Lipinski definition) is 6. The van der Waals surface area contributed by atoms with Crippen molar-refractivity contribution < 1.29 is 28.9 Å². The van der Waals surface area contributed by atoms with Crippen molar-refractivity contribution in [2.75, 3.05) is 20.8 Å². The molecule has 3 aromatic rings. The van der Waals surface area contributed by atoms with Gasteiger partial charge in [-0.15, -0.1) is 0 Å². The number of nitrogens with zero attached hydrogens (tertiary/aromatic N) is 1. The molecule has 0 saturated carbocycles. The van der Waals surface area contributed by atoms with Crippen LogP contribution in [0.5, 0.6) is 17.2 Å². The van der Waals surface area contributed by atoms with Gasteiger partial charge in [0.25, 0.3) is 11.7 Å². The third-order valence-corrected chi connectivity index (χ3v) is 6.46. The first-order valence-electron chi connectivity index (χ1n) is 11.8. The maximum atomic E-state index is 13.4. The zero-order valence-corrected chi connectivity index (χ0v) is 21.8. The van der Waals surface area contributed by atoms with Crippen LogP contribution >= 0.6 is 11.6 Å². The maximum absolute atomic E-state index is 13.4. The summed E-state index contributed by atoms with van der Waals surface area (Å²) in [5.74, 6) is -0.365. The van der Waals surface area contributed by atoms with Crippen LogP contribution in [0, 0.1) is 6.92 Å². The Bertz CT molecular complexity index is 1370. The number of benzene rings is 3. The molecule has 1 aliphatic rings. The number of amides is 1. The van der Waals surface area contributed by atoms with Crippen LogP contribution < -0.4 is 14.2 Å². The van der Waals surface area contributed by atoms with Gasteiger partial charge in [-0.3, -0.25) is 9.59 Å². The monoisotopic (exact) mass is 521 g/mol. The van der Waals surface area contributed by atoms with Crippen molar-refractivity contribution in [3.05, 3.63) is 93.5 Å². The molecule has 1 amide bonds. The van der Waals surface area contributed by atoms with E-state index in [1.165, 1.54) is 12.0 Å². The van der Waals surface area contributed by atoms with Gasteiger partial charge in [-0.2, -0.15) is 0 Å². The Labute approximate surface area is 220 Å². The Morgan fingerprint density at radius 3 is 2.38 bits per heavy atom. The maximum Gasteiger partial charge on any atom is 0.295 e. The third-order valence-electron chi connectivity index (χ3n) is 6.18. The largest absolute Gasteiger partial charge is 0.507 e. The number of Topliss-reactive ketones (excluding diaryl/α,β-unsaturated/α-hetero) is 1. The molecule has 7 nitrogen and oxygen atoms in total. The van der Waals surface area contributed by atoms with Crippen LogP contribution in [0.3, 0.4) is 0 Å². The fraction of sp³-hybridized carbons (Fsp3) is 0.241. The number of likely N-dealkylation sites (tertiary alicyclic amines) is 1. The highest BCUT2D eigenvalue weighted by Gasteiger charge is 2.46. The number of methoxy groups -OCH3 is 2. The number of aryl methyl sites for hydroxylation is 1. The fourth-order valence-electron chi connectivity index (χ4n) is 4.53. The average molecular weight is 522 g/mol. The van der Waals surface area contributed by atoms with Gasteiger partial charge in [0.2, 0.25) is 0 Å². The first-order chi connectivity index (χ1) is 17.8. The molecule has 1 unspecified atom stereocenters. The number of carbonyl (C=O) groups is 2. The second-order valence-electron chi connectivity index (χ2n) is 8.61. The summed E-state index contributed by atoms with van der Waals surface area (Å²) in [7, 11) is 2.98. The van der Waals surface area contributed by atoms with Crippen LogP contribution in [0.4, 0.5) is 0 Å². The molecule has 4 rings (SSSR count). The van der Waals surface area contributed by atoms with E-state index in [-0.39, 0.29) is 34.2 Å². The molecule has 0 spiro atoms. The lowest BCUT2D eigenvalue weighted by Crippen LogP contribution is -2.29. The molecule has 1 aliphatic heterocycles. The quantitative estimate of drug-likeness (QED) is 0.233. The van der Waals surface area contributed by atoms with Gasteiger partial charge >= 0.3 is 0 Å². The number of carbonyl (C=O) groups excluding carboxylic acids is 2. The summed E-state index contributed by atoms with van der Waals surface area (Å²) in [6.07, 6.45) is 0. The SMILES string of the molecule is CCOc1cccc(CN2C(=O)C(=O)/C(=C(/O)c3cc(C)cc(Cl)c3OC)C2c2ccc(OC)cc2)c1. The van der Waals surface area contributed by atoms with Crippen molar-refractivity contribution in [1.82, 2.24) is 4.90 Å². The summed E-state index contributed by atoms with van der Waals surface area (Å²) in [6, 6.07) is 16.9. The first kappa shape index (κ1) is 26.1. The standard InChI is InChI=1S/C29H28ClNO6/c1-5-37-21-8-6-7-18(15-21)16-31-25(19-9-11-20(35-3)12-10-19)24(27(33)29(31)34)26(32)22-13-17(2)14-23(30)28(22)36-4/h6-15,25,32H,5,16H2,1-4H3/b26-24+. The summed E-state index contributed by atoms with van der Waals surface area (Å²) >= 11 is 6.37. The fourth-order valence-corrected chi connectivity index (χ4v) is 4.88. The number of ether oxygens (including phenoxy) is 3. The molecule has 0 aliphatic carbocycles. The summed E-state index contributed by atoms with van der Waals surface area (Å²) in [6.45, 7) is 4.33. The Balaban J connectivity index is 1.89. The van der Waals surface area contributed by atoms with Crippen molar-refractivity contribution in [3.8, 4) is 17.2 Å². The molecule has 1 heterocycles. The van der Waals surface area contributed by atoms with Crippen molar-refractivity contribution in [3.63, 3.8) is 0 Å². The van der Waals surface area contributed by atoms with E-state index in [4.69, 9.17) is 25.8 Å². The number of ketones is 1. The predicted octanol–water partition coefficient (Wildman–Crippen LogP) is 5.69. The van der Waals surface area contributed by atoms with Crippen LogP contribution in [0.25, 0.3) is 5.76 Å². The average Bonchev–Trinajstić information content (AvgIpc) is 3.13. The van der Waals surface area contributed by atoms with E-state index in [0.717, 1.165) is 11.1 Å². The highest BCUT2D eigenvalue weighted by atomic mass is 35.5. The molecule has 3 aromatic carbocycles. The van der Waals surface area contributed by atoms with Gasteiger partial charge in [0.05, 0.1) is 43.0 Å². The highest BCUT2D eigenvalue weighted by molar-refractivity contribution is 6.46. The number of hydrogen-bond donors (Lipinski definition) is 1. The van der Waals surface area contributed by atoms with Crippen LogP contribution in [-0.4, -0.2) is 42.5 Å². The Morgan fingerprint density at radius 1 is 1.00 bits per heavy atom. The lowest BCUT2D eigenvalue weighted by molar-refractivity contribution is -0.140. The summed E-state index contributed by atoms with van der Waals surface area (Å²) in [5, 5.41) is 11.8.